The van der Waals surface area contributed by atoms with Crippen molar-refractivity contribution in [2.24, 2.45) is 5.10 Å². The van der Waals surface area contributed by atoms with Crippen LogP contribution >= 0.6 is 0 Å². The number of rotatable bonds is 6. The van der Waals surface area contributed by atoms with Crippen molar-refractivity contribution in [3.05, 3.63) is 113 Å². The van der Waals surface area contributed by atoms with Crippen LogP contribution in [0.3, 0.4) is 0 Å². The summed E-state index contributed by atoms with van der Waals surface area (Å²) in [5, 5.41) is 4.62. The van der Waals surface area contributed by atoms with Gasteiger partial charge in [-0.2, -0.15) is 5.10 Å². The van der Waals surface area contributed by atoms with Gasteiger partial charge in [0.05, 0.1) is 21.9 Å². The molecule has 0 atom stereocenters. The number of sulfone groups is 1. The van der Waals surface area contributed by atoms with Gasteiger partial charge in [-0.25, -0.2) is 18.6 Å². The van der Waals surface area contributed by atoms with Crippen molar-refractivity contribution < 1.29 is 17.6 Å². The summed E-state index contributed by atoms with van der Waals surface area (Å²) in [5.74, 6) is -1.14. The number of para-hydroxylation sites is 1. The normalized spacial score (nSPS) is 11.9. The van der Waals surface area contributed by atoms with Gasteiger partial charge in [0.25, 0.3) is 5.91 Å². The molecule has 1 amide bonds. The van der Waals surface area contributed by atoms with Crippen molar-refractivity contribution in [3.63, 3.8) is 0 Å². The highest BCUT2D eigenvalue weighted by Crippen LogP contribution is 2.16. The van der Waals surface area contributed by atoms with Crippen molar-refractivity contribution in [2.75, 3.05) is 5.75 Å². The fraction of sp³-hybridized carbons (Fsp3) is 0.0417. The molecule has 0 aliphatic carbocycles. The summed E-state index contributed by atoms with van der Waals surface area (Å²) in [6.45, 7) is 0. The molecule has 160 valence electrons. The molecule has 1 aromatic heterocycles. The van der Waals surface area contributed by atoms with Crippen molar-refractivity contribution in [1.82, 2.24) is 5.43 Å². The van der Waals surface area contributed by atoms with E-state index >= 15 is 0 Å². The highest BCUT2D eigenvalue weighted by atomic mass is 32.2. The van der Waals surface area contributed by atoms with E-state index in [0.717, 1.165) is 0 Å². The third kappa shape index (κ3) is 4.65. The fourth-order valence-corrected chi connectivity index (χ4v) is 4.42. The molecule has 1 heterocycles. The van der Waals surface area contributed by atoms with Crippen LogP contribution in [0, 0.1) is 0 Å². The molecular formula is C24H18N2O5S. The molecule has 0 saturated heterocycles. The number of fused-ring (bicyclic) bond motifs is 1. The molecule has 0 unspecified atom stereocenters. The second-order valence-electron chi connectivity index (χ2n) is 6.92. The summed E-state index contributed by atoms with van der Waals surface area (Å²) in [4.78, 5) is 25.2. The van der Waals surface area contributed by atoms with Crippen LogP contribution in [0.1, 0.15) is 15.9 Å². The zero-order valence-corrected chi connectivity index (χ0v) is 17.6. The maximum atomic E-state index is 13.0. The number of hydrazone groups is 1. The molecule has 0 aliphatic rings. The van der Waals surface area contributed by atoms with Crippen molar-refractivity contribution in [1.29, 1.82) is 0 Å². The van der Waals surface area contributed by atoms with Gasteiger partial charge in [0.2, 0.25) is 0 Å². The fourth-order valence-electron chi connectivity index (χ4n) is 3.10. The first-order chi connectivity index (χ1) is 15.4. The molecule has 0 aliphatic heterocycles. The van der Waals surface area contributed by atoms with E-state index in [0.29, 0.717) is 16.5 Å². The Hall–Kier alpha value is -4.04. The molecular weight excluding hydrogens is 428 g/mol. The second-order valence-corrected chi connectivity index (χ2v) is 8.91. The van der Waals surface area contributed by atoms with Crippen molar-refractivity contribution in [2.45, 2.75) is 4.90 Å². The number of hydrogen-bond donors (Lipinski definition) is 1. The van der Waals surface area contributed by atoms with Crippen molar-refractivity contribution >= 4 is 32.4 Å². The van der Waals surface area contributed by atoms with Gasteiger partial charge in [0.15, 0.2) is 9.84 Å². The number of nitrogens with zero attached hydrogens (tertiary/aromatic N) is 1. The molecule has 32 heavy (non-hydrogen) atoms. The van der Waals surface area contributed by atoms with Gasteiger partial charge in [0.1, 0.15) is 5.58 Å². The van der Waals surface area contributed by atoms with Crippen LogP contribution in [-0.4, -0.2) is 25.8 Å². The van der Waals surface area contributed by atoms with Gasteiger partial charge in [-0.1, -0.05) is 54.6 Å². The lowest BCUT2D eigenvalue weighted by Gasteiger charge is -2.09. The molecule has 3 aromatic carbocycles. The summed E-state index contributed by atoms with van der Waals surface area (Å²) in [7, 11) is -3.85. The number of hydrogen-bond acceptors (Lipinski definition) is 6. The summed E-state index contributed by atoms with van der Waals surface area (Å²) in [5.41, 5.74) is 2.13. The van der Waals surface area contributed by atoms with Gasteiger partial charge in [-0.15, -0.1) is 0 Å². The van der Waals surface area contributed by atoms with E-state index < -0.39 is 27.1 Å². The average Bonchev–Trinajstić information content (AvgIpc) is 2.82. The van der Waals surface area contributed by atoms with Crippen LogP contribution in [-0.2, 0) is 9.84 Å². The van der Waals surface area contributed by atoms with Gasteiger partial charge >= 0.3 is 5.63 Å². The summed E-state index contributed by atoms with van der Waals surface area (Å²) in [6.07, 6.45) is 0. The van der Waals surface area contributed by atoms with Gasteiger partial charge in [-0.3, -0.25) is 4.79 Å². The molecule has 8 heteroatoms. The Morgan fingerprint density at radius 1 is 0.875 bits per heavy atom. The monoisotopic (exact) mass is 446 g/mol. The SMILES string of the molecule is O=C(N/N=C(\CS(=O)(=O)c1ccccc1)c1cc2ccccc2oc1=O)c1ccccc1. The zero-order valence-electron chi connectivity index (χ0n) is 16.8. The summed E-state index contributed by atoms with van der Waals surface area (Å²) < 4.78 is 31.3. The smallest absolute Gasteiger partial charge is 0.345 e. The standard InChI is InChI=1S/C24H18N2O5S/c27-23(17-9-3-1-4-10-17)26-25-21(16-32(29,30)19-12-5-2-6-13-19)20-15-18-11-7-8-14-22(18)31-24(20)28/h1-15H,16H2,(H,26,27)/b25-21+. The topological polar surface area (TPSA) is 106 Å². The largest absolute Gasteiger partial charge is 0.422 e. The maximum Gasteiger partial charge on any atom is 0.345 e. The lowest BCUT2D eigenvalue weighted by atomic mass is 10.1. The lowest BCUT2D eigenvalue weighted by molar-refractivity contribution is 0.0955. The number of amides is 1. The Labute approximate surface area is 183 Å². The summed E-state index contributed by atoms with van der Waals surface area (Å²) >= 11 is 0. The maximum absolute atomic E-state index is 13.0. The molecule has 0 radical (unpaired) electrons. The molecule has 4 rings (SSSR count). The van der Waals surface area contributed by atoms with E-state index in [-0.39, 0.29) is 16.2 Å². The van der Waals surface area contributed by atoms with Crippen LogP contribution in [0.15, 0.2) is 110 Å². The number of benzene rings is 3. The minimum atomic E-state index is -3.85. The molecule has 4 aromatic rings. The van der Waals surface area contributed by atoms with E-state index in [2.05, 4.69) is 10.5 Å². The quantitative estimate of drug-likeness (QED) is 0.278. The van der Waals surface area contributed by atoms with E-state index in [1.807, 2.05) is 0 Å². The molecule has 7 nitrogen and oxygen atoms in total. The first kappa shape index (κ1) is 21.2. The van der Waals surface area contributed by atoms with E-state index in [1.54, 1.807) is 72.8 Å². The Kier molecular flexibility index (Phi) is 5.96. The molecule has 0 saturated carbocycles. The Morgan fingerprint density at radius 3 is 2.22 bits per heavy atom. The zero-order chi connectivity index (χ0) is 22.6. The van der Waals surface area contributed by atoms with Gasteiger partial charge in [0, 0.05) is 10.9 Å². The van der Waals surface area contributed by atoms with E-state index in [9.17, 15) is 18.0 Å². The lowest BCUT2D eigenvalue weighted by Crippen LogP contribution is -2.27. The predicted molar refractivity (Wildman–Crippen MR) is 121 cm³/mol. The first-order valence-corrected chi connectivity index (χ1v) is 11.3. The predicted octanol–water partition coefficient (Wildman–Crippen LogP) is 3.40. The minimum absolute atomic E-state index is 0.0448. The van der Waals surface area contributed by atoms with Crippen LogP contribution < -0.4 is 11.1 Å². The molecule has 1 N–H and O–H groups in total. The van der Waals surface area contributed by atoms with E-state index in [1.165, 1.54) is 18.2 Å². The Balaban J connectivity index is 1.77. The Morgan fingerprint density at radius 2 is 1.50 bits per heavy atom. The minimum Gasteiger partial charge on any atom is -0.422 e. The highest BCUT2D eigenvalue weighted by molar-refractivity contribution is 7.92. The number of carbonyl (C=O) groups is 1. The second kappa shape index (κ2) is 8.99. The Bertz CT molecular complexity index is 1460. The summed E-state index contributed by atoms with van der Waals surface area (Å²) in [6, 6.07) is 24.5. The third-order valence-electron chi connectivity index (χ3n) is 4.71. The third-order valence-corrected chi connectivity index (χ3v) is 6.35. The van der Waals surface area contributed by atoms with Crippen LogP contribution in [0.25, 0.3) is 11.0 Å². The van der Waals surface area contributed by atoms with E-state index in [4.69, 9.17) is 4.42 Å². The highest BCUT2D eigenvalue weighted by Gasteiger charge is 2.22. The molecule has 0 spiro atoms. The van der Waals surface area contributed by atoms with Crippen LogP contribution in [0.5, 0.6) is 0 Å². The molecule has 0 bridgehead atoms. The van der Waals surface area contributed by atoms with Gasteiger partial charge < -0.3 is 4.42 Å². The van der Waals surface area contributed by atoms with Gasteiger partial charge in [-0.05, 0) is 36.4 Å². The average molecular weight is 446 g/mol. The van der Waals surface area contributed by atoms with Crippen LogP contribution in [0.4, 0.5) is 0 Å². The van der Waals surface area contributed by atoms with Crippen molar-refractivity contribution in [3.8, 4) is 0 Å². The van der Waals surface area contributed by atoms with Crippen LogP contribution in [0.2, 0.25) is 0 Å². The number of nitrogens with one attached hydrogen (secondary N) is 1. The number of carbonyl (C=O) groups excluding carboxylic acids is 1. The first-order valence-electron chi connectivity index (χ1n) is 9.67. The molecule has 0 fully saturated rings.